The molecule has 3 N–H and O–H groups in total. The Morgan fingerprint density at radius 1 is 1.00 bits per heavy atom. The molecule has 0 spiro atoms. The number of hydrogen-bond acceptors (Lipinski definition) is 7. The van der Waals surface area contributed by atoms with E-state index in [9.17, 15) is 0 Å². The SMILES string of the molecule is CCCCCCCCOc1nc(NN)nc(OC)n1. The minimum absolute atomic E-state index is 0.181. The van der Waals surface area contributed by atoms with Crippen LogP contribution in [0.2, 0.25) is 0 Å². The summed E-state index contributed by atoms with van der Waals surface area (Å²) in [7, 11) is 1.48. The Morgan fingerprint density at radius 3 is 2.37 bits per heavy atom. The summed E-state index contributed by atoms with van der Waals surface area (Å²) in [5, 5.41) is 0. The molecule has 0 saturated carbocycles. The molecule has 1 aromatic heterocycles. The molecule has 7 heteroatoms. The summed E-state index contributed by atoms with van der Waals surface area (Å²) in [6.45, 7) is 2.80. The number of nitrogen functional groups attached to an aromatic ring is 1. The maximum absolute atomic E-state index is 5.46. The molecule has 0 aromatic carbocycles. The molecule has 1 heterocycles. The van der Waals surface area contributed by atoms with Gasteiger partial charge in [-0.2, -0.15) is 9.97 Å². The van der Waals surface area contributed by atoms with E-state index in [4.69, 9.17) is 15.3 Å². The number of aromatic nitrogens is 3. The molecule has 0 aliphatic rings. The minimum atomic E-state index is 0.181. The molecule has 0 radical (unpaired) electrons. The topological polar surface area (TPSA) is 95.2 Å². The van der Waals surface area contributed by atoms with Gasteiger partial charge in [0.25, 0.3) is 0 Å². The van der Waals surface area contributed by atoms with Crippen molar-refractivity contribution in [3.63, 3.8) is 0 Å². The number of anilines is 1. The largest absolute Gasteiger partial charge is 0.467 e. The molecular weight excluding hydrogens is 246 g/mol. The summed E-state index contributed by atoms with van der Waals surface area (Å²) in [4.78, 5) is 11.9. The number of ether oxygens (including phenoxy) is 2. The number of hydrazine groups is 1. The van der Waals surface area contributed by atoms with Gasteiger partial charge in [-0.25, -0.2) is 5.84 Å². The molecule has 0 unspecified atom stereocenters. The van der Waals surface area contributed by atoms with E-state index in [1.165, 1.54) is 32.8 Å². The third kappa shape index (κ3) is 6.19. The molecule has 19 heavy (non-hydrogen) atoms. The summed E-state index contributed by atoms with van der Waals surface area (Å²) < 4.78 is 10.4. The Morgan fingerprint density at radius 2 is 1.68 bits per heavy atom. The van der Waals surface area contributed by atoms with Gasteiger partial charge < -0.3 is 9.47 Å². The van der Waals surface area contributed by atoms with Crippen molar-refractivity contribution < 1.29 is 9.47 Å². The van der Waals surface area contributed by atoms with Crippen molar-refractivity contribution in [2.45, 2.75) is 45.4 Å². The van der Waals surface area contributed by atoms with Crippen molar-refractivity contribution in [3.05, 3.63) is 0 Å². The third-order valence-electron chi connectivity index (χ3n) is 2.64. The van der Waals surface area contributed by atoms with E-state index in [2.05, 4.69) is 27.3 Å². The predicted octanol–water partition coefficient (Wildman–Crippen LogP) is 1.91. The molecule has 7 nitrogen and oxygen atoms in total. The fourth-order valence-corrected chi connectivity index (χ4v) is 1.60. The number of nitrogens with zero attached hydrogens (tertiary/aromatic N) is 3. The minimum Gasteiger partial charge on any atom is -0.467 e. The van der Waals surface area contributed by atoms with E-state index in [0.29, 0.717) is 6.61 Å². The van der Waals surface area contributed by atoms with Crippen molar-refractivity contribution in [2.24, 2.45) is 5.84 Å². The van der Waals surface area contributed by atoms with Crippen LogP contribution in [0.1, 0.15) is 45.4 Å². The quantitative estimate of drug-likeness (QED) is 0.380. The molecular formula is C12H23N5O2. The van der Waals surface area contributed by atoms with Crippen LogP contribution in [0.3, 0.4) is 0 Å². The molecule has 0 saturated heterocycles. The van der Waals surface area contributed by atoms with Crippen LogP contribution in [0.15, 0.2) is 0 Å². The molecule has 0 atom stereocenters. The number of methoxy groups -OCH3 is 1. The molecule has 0 bridgehead atoms. The zero-order valence-electron chi connectivity index (χ0n) is 11.7. The molecule has 0 aliphatic heterocycles. The zero-order valence-corrected chi connectivity index (χ0v) is 11.7. The first-order valence-electron chi connectivity index (χ1n) is 6.69. The number of nitrogens with one attached hydrogen (secondary N) is 1. The average Bonchev–Trinajstić information content (AvgIpc) is 2.45. The van der Waals surface area contributed by atoms with E-state index >= 15 is 0 Å². The second-order valence-corrected chi connectivity index (χ2v) is 4.19. The lowest BCUT2D eigenvalue weighted by molar-refractivity contribution is 0.272. The van der Waals surface area contributed by atoms with Gasteiger partial charge in [0.15, 0.2) is 0 Å². The molecule has 0 aliphatic carbocycles. The van der Waals surface area contributed by atoms with Crippen LogP contribution in [0.25, 0.3) is 0 Å². The lowest BCUT2D eigenvalue weighted by Crippen LogP contribution is -2.13. The Hall–Kier alpha value is -1.63. The fourth-order valence-electron chi connectivity index (χ4n) is 1.60. The van der Waals surface area contributed by atoms with Crippen LogP contribution in [-0.2, 0) is 0 Å². The van der Waals surface area contributed by atoms with E-state index in [1.807, 2.05) is 0 Å². The highest BCUT2D eigenvalue weighted by molar-refractivity contribution is 5.25. The third-order valence-corrected chi connectivity index (χ3v) is 2.64. The fraction of sp³-hybridized carbons (Fsp3) is 0.750. The Labute approximate surface area is 113 Å². The number of nitrogens with two attached hydrogens (primary N) is 1. The molecule has 1 rings (SSSR count). The number of rotatable bonds is 10. The van der Waals surface area contributed by atoms with Gasteiger partial charge in [0.2, 0.25) is 5.95 Å². The van der Waals surface area contributed by atoms with E-state index < -0.39 is 0 Å². The van der Waals surface area contributed by atoms with Gasteiger partial charge in [-0.3, -0.25) is 5.43 Å². The number of unbranched alkanes of at least 4 members (excludes halogenated alkanes) is 5. The van der Waals surface area contributed by atoms with Crippen LogP contribution in [0.5, 0.6) is 12.0 Å². The van der Waals surface area contributed by atoms with Crippen molar-refractivity contribution in [2.75, 3.05) is 19.1 Å². The molecule has 108 valence electrons. The highest BCUT2D eigenvalue weighted by Gasteiger charge is 2.06. The van der Waals surface area contributed by atoms with E-state index in [0.717, 1.165) is 12.8 Å². The maximum atomic E-state index is 5.46. The standard InChI is InChI=1S/C12H23N5O2/c1-3-4-5-6-7-8-9-19-12-15-10(17-13)14-11(16-12)18-2/h3-9,13H2,1-2H3,(H,14,15,16,17). The summed E-state index contributed by atoms with van der Waals surface area (Å²) >= 11 is 0. The first-order chi connectivity index (χ1) is 9.30. The monoisotopic (exact) mass is 269 g/mol. The van der Waals surface area contributed by atoms with E-state index in [1.54, 1.807) is 0 Å². The Balaban J connectivity index is 2.28. The van der Waals surface area contributed by atoms with Crippen molar-refractivity contribution in [1.82, 2.24) is 15.0 Å². The zero-order chi connectivity index (χ0) is 13.9. The van der Waals surface area contributed by atoms with Gasteiger partial charge in [0, 0.05) is 0 Å². The van der Waals surface area contributed by atoms with Gasteiger partial charge in [-0.1, -0.05) is 39.0 Å². The highest BCUT2D eigenvalue weighted by atomic mass is 16.5. The average molecular weight is 269 g/mol. The summed E-state index contributed by atoms with van der Waals surface area (Å²) in [6.07, 6.45) is 7.24. The first-order valence-corrected chi connectivity index (χ1v) is 6.69. The van der Waals surface area contributed by atoms with Gasteiger partial charge in [0.05, 0.1) is 13.7 Å². The van der Waals surface area contributed by atoms with Crippen LogP contribution >= 0.6 is 0 Å². The summed E-state index contributed by atoms with van der Waals surface area (Å²) in [5.74, 6) is 5.48. The number of hydrogen-bond donors (Lipinski definition) is 2. The Kier molecular flexibility index (Phi) is 7.57. The summed E-state index contributed by atoms with van der Waals surface area (Å²) in [6, 6.07) is 0.411. The van der Waals surface area contributed by atoms with Crippen molar-refractivity contribution >= 4 is 5.95 Å². The summed E-state index contributed by atoms with van der Waals surface area (Å²) in [5.41, 5.74) is 2.34. The van der Waals surface area contributed by atoms with Crippen LogP contribution in [-0.4, -0.2) is 28.7 Å². The molecule has 0 amide bonds. The highest BCUT2D eigenvalue weighted by Crippen LogP contribution is 2.12. The second kappa shape index (κ2) is 9.32. The van der Waals surface area contributed by atoms with Gasteiger partial charge in [0.1, 0.15) is 0 Å². The van der Waals surface area contributed by atoms with Crippen LogP contribution in [0, 0.1) is 0 Å². The first kappa shape index (κ1) is 15.4. The van der Waals surface area contributed by atoms with Crippen molar-refractivity contribution in [3.8, 4) is 12.0 Å². The predicted molar refractivity (Wildman–Crippen MR) is 73.1 cm³/mol. The molecule has 0 fully saturated rings. The molecule has 1 aromatic rings. The normalized spacial score (nSPS) is 10.3. The van der Waals surface area contributed by atoms with Gasteiger partial charge in [-0.05, 0) is 6.42 Å². The maximum Gasteiger partial charge on any atom is 0.324 e. The lowest BCUT2D eigenvalue weighted by atomic mass is 10.1. The smallest absolute Gasteiger partial charge is 0.324 e. The van der Waals surface area contributed by atoms with Crippen LogP contribution < -0.4 is 20.7 Å². The lowest BCUT2D eigenvalue weighted by Gasteiger charge is -2.07. The second-order valence-electron chi connectivity index (χ2n) is 4.19. The Bertz CT molecular complexity index is 340. The van der Waals surface area contributed by atoms with Gasteiger partial charge in [-0.15, -0.1) is 4.98 Å². The van der Waals surface area contributed by atoms with Crippen molar-refractivity contribution in [1.29, 1.82) is 0 Å². The van der Waals surface area contributed by atoms with Crippen LogP contribution in [0.4, 0.5) is 5.95 Å². The van der Waals surface area contributed by atoms with Gasteiger partial charge >= 0.3 is 12.0 Å². The van der Waals surface area contributed by atoms with E-state index in [-0.39, 0.29) is 18.0 Å².